The maximum Gasteiger partial charge on any atom is 0.0633 e. The number of aliphatic imine (C=N–C) groups is 1. The van der Waals surface area contributed by atoms with Crippen LogP contribution >= 0.6 is 0 Å². The van der Waals surface area contributed by atoms with Crippen molar-refractivity contribution in [1.29, 1.82) is 0 Å². The SMILES string of the molecule is C=CC(CC=CN(c1ccc(N(C2=CC=C3C=CC=CC3C2)c2ccccc2)cc1)c1ccc(N(c2ccccc2)c2ccc3ccccc3c2)cc1)=Nc1ccccccccc1. The zero-order valence-electron chi connectivity index (χ0n) is 35.8. The number of allylic oxidation sites excluding steroid dienone is 10. The fourth-order valence-corrected chi connectivity index (χ4v) is 8.24. The zero-order valence-corrected chi connectivity index (χ0v) is 35.8. The van der Waals surface area contributed by atoms with Gasteiger partial charge < -0.3 is 14.7 Å². The molecule has 7 aromatic carbocycles. The smallest absolute Gasteiger partial charge is 0.0633 e. The highest BCUT2D eigenvalue weighted by Crippen LogP contribution is 2.41. The second kappa shape index (κ2) is 20.1. The summed E-state index contributed by atoms with van der Waals surface area (Å²) in [7, 11) is 0. The Bertz CT molecular complexity index is 2930. The van der Waals surface area contributed by atoms with Crippen molar-refractivity contribution in [2.75, 3.05) is 14.7 Å². The van der Waals surface area contributed by atoms with Crippen LogP contribution in [0.1, 0.15) is 12.8 Å². The molecule has 9 rings (SSSR count). The average Bonchev–Trinajstić information content (AvgIpc) is 3.36. The summed E-state index contributed by atoms with van der Waals surface area (Å²) < 4.78 is 0. The molecule has 4 heteroatoms. The summed E-state index contributed by atoms with van der Waals surface area (Å²) in [6.07, 6.45) is 21.0. The molecule has 0 bridgehead atoms. The van der Waals surface area contributed by atoms with Gasteiger partial charge in [-0.1, -0.05) is 152 Å². The molecule has 0 aliphatic heterocycles. The third kappa shape index (κ3) is 9.78. The van der Waals surface area contributed by atoms with Gasteiger partial charge in [-0.15, -0.1) is 0 Å². The number of para-hydroxylation sites is 2. The van der Waals surface area contributed by atoms with Gasteiger partial charge in [0.15, 0.2) is 0 Å². The Balaban J connectivity index is 1.08. The minimum atomic E-state index is 0.362. The van der Waals surface area contributed by atoms with Crippen LogP contribution in [0, 0.1) is 5.92 Å². The Morgan fingerprint density at radius 2 is 1.03 bits per heavy atom. The molecule has 1 unspecified atom stereocenters. The Morgan fingerprint density at radius 1 is 0.516 bits per heavy atom. The first-order chi connectivity index (χ1) is 31.7. The predicted octanol–water partition coefficient (Wildman–Crippen LogP) is 16.5. The molecule has 0 radical (unpaired) electrons. The number of rotatable bonds is 13. The van der Waals surface area contributed by atoms with Crippen LogP contribution in [0.3, 0.4) is 0 Å². The lowest BCUT2D eigenvalue weighted by molar-refractivity contribution is 0.732. The molecule has 1 atom stereocenters. The summed E-state index contributed by atoms with van der Waals surface area (Å²) in [5.74, 6) is 0.362. The maximum atomic E-state index is 4.97. The molecule has 2 aliphatic rings. The van der Waals surface area contributed by atoms with Crippen molar-refractivity contribution in [3.63, 3.8) is 0 Å². The van der Waals surface area contributed by atoms with Crippen LogP contribution in [0.2, 0.25) is 0 Å². The second-order valence-corrected chi connectivity index (χ2v) is 15.7. The minimum absolute atomic E-state index is 0.362. The third-order valence-electron chi connectivity index (χ3n) is 11.4. The van der Waals surface area contributed by atoms with Crippen molar-refractivity contribution >= 4 is 62.0 Å². The van der Waals surface area contributed by atoms with E-state index in [-0.39, 0.29) is 0 Å². The second-order valence-electron chi connectivity index (χ2n) is 15.7. The van der Waals surface area contributed by atoms with Gasteiger partial charge in [-0.05, 0) is 132 Å². The van der Waals surface area contributed by atoms with Crippen molar-refractivity contribution in [2.45, 2.75) is 12.8 Å². The van der Waals surface area contributed by atoms with E-state index < -0.39 is 0 Å². The van der Waals surface area contributed by atoms with E-state index in [1.54, 1.807) is 0 Å². The highest BCUT2D eigenvalue weighted by Gasteiger charge is 2.23. The first-order valence-electron chi connectivity index (χ1n) is 21.9. The summed E-state index contributed by atoms with van der Waals surface area (Å²) in [6, 6.07) is 72.2. The zero-order chi connectivity index (χ0) is 43.3. The number of benzene rings is 6. The Morgan fingerprint density at radius 3 is 1.69 bits per heavy atom. The third-order valence-corrected chi connectivity index (χ3v) is 11.4. The lowest BCUT2D eigenvalue weighted by Crippen LogP contribution is -2.21. The normalized spacial score (nSPS) is 14.2. The van der Waals surface area contributed by atoms with Crippen LogP contribution in [-0.4, -0.2) is 5.71 Å². The van der Waals surface area contributed by atoms with Crippen LogP contribution < -0.4 is 14.7 Å². The van der Waals surface area contributed by atoms with E-state index in [9.17, 15) is 0 Å². The molecule has 0 spiro atoms. The predicted molar refractivity (Wildman–Crippen MR) is 273 cm³/mol. The van der Waals surface area contributed by atoms with Gasteiger partial charge in [0.1, 0.15) is 0 Å². The Kier molecular flexibility index (Phi) is 12.9. The fraction of sp³-hybridized carbons (Fsp3) is 0.0500. The highest BCUT2D eigenvalue weighted by molar-refractivity contribution is 5.97. The number of anilines is 7. The first kappa shape index (κ1) is 41.2. The van der Waals surface area contributed by atoms with Gasteiger partial charge in [0.2, 0.25) is 0 Å². The van der Waals surface area contributed by atoms with E-state index in [2.05, 4.69) is 222 Å². The monoisotopic (exact) mass is 826 g/mol. The van der Waals surface area contributed by atoms with Gasteiger partial charge in [0.25, 0.3) is 0 Å². The number of hydrogen-bond acceptors (Lipinski definition) is 4. The topological polar surface area (TPSA) is 22.1 Å². The molecule has 0 heterocycles. The quantitative estimate of drug-likeness (QED) is 0.108. The largest absolute Gasteiger partial charge is 0.317 e. The van der Waals surface area contributed by atoms with Gasteiger partial charge in [-0.3, -0.25) is 4.99 Å². The molecule has 7 aromatic rings. The number of hydrogen-bond donors (Lipinski definition) is 0. The van der Waals surface area contributed by atoms with Gasteiger partial charge >= 0.3 is 0 Å². The van der Waals surface area contributed by atoms with E-state index in [0.717, 1.165) is 57.6 Å². The van der Waals surface area contributed by atoms with Crippen LogP contribution in [0.5, 0.6) is 0 Å². The number of fused-ring (bicyclic) bond motifs is 2. The molecule has 0 aromatic heterocycles. The summed E-state index contributed by atoms with van der Waals surface area (Å²) >= 11 is 0. The lowest BCUT2D eigenvalue weighted by Gasteiger charge is -2.33. The van der Waals surface area contributed by atoms with Crippen LogP contribution in [0.15, 0.2) is 284 Å². The van der Waals surface area contributed by atoms with Crippen molar-refractivity contribution in [2.24, 2.45) is 10.9 Å². The van der Waals surface area contributed by atoms with Gasteiger partial charge in [0, 0.05) is 69.8 Å². The first-order valence-corrected chi connectivity index (χ1v) is 21.9. The molecule has 0 amide bonds. The Hall–Kier alpha value is -8.21. The van der Waals surface area contributed by atoms with Gasteiger partial charge in [0.05, 0.1) is 5.69 Å². The molecule has 0 N–H and O–H groups in total. The van der Waals surface area contributed by atoms with Crippen molar-refractivity contribution < 1.29 is 0 Å². The Labute approximate surface area is 377 Å². The number of nitrogens with zero attached hydrogens (tertiary/aromatic N) is 4. The van der Waals surface area contributed by atoms with Crippen LogP contribution in [-0.2, 0) is 0 Å². The standard InChI is InChI=1S/C60H50N4/c1-2-51(61-52-25-10-6-4-3-5-7-11-26-52)27-20-44-62(53-36-40-57(41-37-53)63(55-28-12-8-13-29-55)59-34-32-47-21-16-18-23-49(47)45-59)54-38-42-58(43-39-54)64(56-30-14-9-15-31-56)60-35-33-48-22-17-19-24-50(48)46-60/h2-26,28-45,50H,1,27,46H2. The van der Waals surface area contributed by atoms with E-state index in [4.69, 9.17) is 4.99 Å². The van der Waals surface area contributed by atoms with Crippen LogP contribution in [0.4, 0.5) is 45.5 Å². The van der Waals surface area contributed by atoms with E-state index >= 15 is 0 Å². The van der Waals surface area contributed by atoms with E-state index in [1.807, 2.05) is 60.7 Å². The van der Waals surface area contributed by atoms with E-state index in [1.165, 1.54) is 22.0 Å². The molecule has 310 valence electrons. The average molecular weight is 827 g/mol. The van der Waals surface area contributed by atoms with Crippen LogP contribution in [0.25, 0.3) is 10.8 Å². The van der Waals surface area contributed by atoms with Crippen molar-refractivity contribution in [1.82, 2.24) is 0 Å². The summed E-state index contributed by atoms with van der Waals surface area (Å²) in [6.45, 7) is 4.12. The van der Waals surface area contributed by atoms with Gasteiger partial charge in [-0.2, -0.15) is 0 Å². The van der Waals surface area contributed by atoms with Crippen molar-refractivity contribution in [3.8, 4) is 0 Å². The van der Waals surface area contributed by atoms with Gasteiger partial charge in [-0.25, -0.2) is 0 Å². The fourth-order valence-electron chi connectivity index (χ4n) is 8.24. The molecule has 4 nitrogen and oxygen atoms in total. The molecule has 0 saturated heterocycles. The molecule has 2 aliphatic carbocycles. The highest BCUT2D eigenvalue weighted by atomic mass is 15.2. The lowest BCUT2D eigenvalue weighted by atomic mass is 9.86. The summed E-state index contributed by atoms with van der Waals surface area (Å²) in [5, 5.41) is 2.42. The summed E-state index contributed by atoms with van der Waals surface area (Å²) in [5.41, 5.74) is 11.9. The molecule has 0 saturated carbocycles. The maximum absolute atomic E-state index is 4.97. The summed E-state index contributed by atoms with van der Waals surface area (Å²) in [4.78, 5) is 11.9. The molecular weight excluding hydrogens is 777 g/mol. The minimum Gasteiger partial charge on any atom is -0.317 e. The molecule has 0 fully saturated rings. The van der Waals surface area contributed by atoms with E-state index in [0.29, 0.717) is 12.3 Å². The van der Waals surface area contributed by atoms with Crippen molar-refractivity contribution in [3.05, 3.63) is 279 Å². The molecular formula is C60H50N4. The molecule has 64 heavy (non-hydrogen) atoms.